The monoisotopic (exact) mass is 1550 g/mol. The molecule has 9 rings (SSSR count). The van der Waals surface area contributed by atoms with Crippen LogP contribution < -0.4 is 0 Å². The molecular formula is C75H72O36. The average Bonchev–Trinajstić information content (AvgIpc) is 0.793. The summed E-state index contributed by atoms with van der Waals surface area (Å²) in [4.78, 5) is 109. The number of benzene rings is 6. The van der Waals surface area contributed by atoms with E-state index in [0.29, 0.717) is 27.8 Å². The normalized spacial score (nSPS) is 23.7. The zero-order valence-electron chi connectivity index (χ0n) is 57.3. The van der Waals surface area contributed by atoms with Gasteiger partial charge in [0.2, 0.25) is 11.2 Å². The van der Waals surface area contributed by atoms with Crippen LogP contribution in [0.3, 0.4) is 0 Å². The Hall–Kier alpha value is -13.7. The Labute approximate surface area is 625 Å². The van der Waals surface area contributed by atoms with Crippen LogP contribution in [0.25, 0.3) is 36.5 Å². The second-order valence-electron chi connectivity index (χ2n) is 25.0. The van der Waals surface area contributed by atoms with E-state index in [0.717, 1.165) is 54.7 Å². The fourth-order valence-corrected chi connectivity index (χ4v) is 11.1. The van der Waals surface area contributed by atoms with Crippen LogP contribution in [0.5, 0.6) is 69.0 Å². The summed E-state index contributed by atoms with van der Waals surface area (Å²) >= 11 is 0. The van der Waals surface area contributed by atoms with Gasteiger partial charge in [0.05, 0.1) is 24.4 Å². The van der Waals surface area contributed by atoms with E-state index in [1.54, 1.807) is 0 Å². The van der Waals surface area contributed by atoms with Crippen LogP contribution in [0.1, 0.15) is 71.9 Å². The van der Waals surface area contributed by atoms with Crippen molar-refractivity contribution >= 4 is 90.2 Å². The second kappa shape index (κ2) is 36.8. The van der Waals surface area contributed by atoms with Crippen molar-refractivity contribution in [3.05, 3.63) is 179 Å². The molecule has 0 heterocycles. The lowest BCUT2D eigenvalue weighted by atomic mass is 9.79. The predicted molar refractivity (Wildman–Crippen MR) is 376 cm³/mol. The Balaban J connectivity index is 0.000000231. The lowest BCUT2D eigenvalue weighted by Gasteiger charge is -2.41. The molecule has 21 N–H and O–H groups in total. The van der Waals surface area contributed by atoms with Crippen LogP contribution in [0.15, 0.2) is 146 Å². The van der Waals surface area contributed by atoms with Crippen molar-refractivity contribution in [2.75, 3.05) is 0 Å². The Morgan fingerprint density at radius 1 is 0.288 bits per heavy atom. The highest BCUT2D eigenvalue weighted by Crippen LogP contribution is 2.39. The third-order valence-electron chi connectivity index (χ3n) is 16.8. The van der Waals surface area contributed by atoms with Gasteiger partial charge < -0.3 is 136 Å². The van der Waals surface area contributed by atoms with Crippen molar-refractivity contribution < 1.29 is 179 Å². The number of carboxylic acid groups (broad SMARTS) is 3. The number of aromatic hydroxyl groups is 12. The lowest BCUT2D eigenvalue weighted by molar-refractivity contribution is -0.207. The first-order chi connectivity index (χ1) is 52.2. The molecule has 36 nitrogen and oxygen atoms in total. The molecule has 0 unspecified atom stereocenters. The molecule has 3 saturated carbocycles. The summed E-state index contributed by atoms with van der Waals surface area (Å²) in [7, 11) is 0. The number of aliphatic hydroxyl groups excluding tert-OH is 5. The molecule has 111 heavy (non-hydrogen) atoms. The van der Waals surface area contributed by atoms with E-state index >= 15 is 0 Å². The number of ether oxygens (including phenoxy) is 6. The standard InChI is InChI=1S/3C25H24O12/c26-15-5-1-13(9-17(15)28)3-7-21(31)36-20-12-25(35,24(33)34)11-19(30)23(20)37-22(32)8-4-14-2-6-16(27)18(29)10-14;26-15-5-1-13(9-17(15)28)3-7-21(31)36-20-12-25(24(34)35,11-19(30)23(20)33)37-22(32)8-4-14-2-6-16(27)18(29)10-14;26-15-5-1-13(9-17(15)28)3-7-21(32)36-23-19(30)11-25(24(34)35,12-20(23)31)37-22(33)8-4-14-2-6-16(27)18(29)10-14/h1-10,19-20,23,26-30,35H,11-12H2,(H,33,34);1-10,19-20,23,26-30,33H,11-12H2,(H,34,35);1-10,19-20,23,26-31H,11-12H2,(H,34,35)/b3*7-3+,8-4+/t19-,20-,23-,25+;19-,20-,23+,25-;19-,20-,23?,25?/m111/s1. The summed E-state index contributed by atoms with van der Waals surface area (Å²) < 4.78 is 30.8. The molecule has 0 radical (unpaired) electrons. The van der Waals surface area contributed by atoms with Crippen LogP contribution in [-0.2, 0) is 71.6 Å². The van der Waals surface area contributed by atoms with E-state index < -0.39 is 198 Å². The maximum absolute atomic E-state index is 12.4. The highest BCUT2D eigenvalue weighted by molar-refractivity contribution is 5.93. The number of phenolic OH excluding ortho intramolecular Hbond substituents is 12. The molecule has 0 saturated heterocycles. The summed E-state index contributed by atoms with van der Waals surface area (Å²) in [6.07, 6.45) is -6.02. The molecule has 6 aromatic rings. The van der Waals surface area contributed by atoms with Gasteiger partial charge >= 0.3 is 53.7 Å². The number of hydrogen-bond acceptors (Lipinski definition) is 33. The first-order valence-electron chi connectivity index (χ1n) is 32.5. The van der Waals surface area contributed by atoms with Gasteiger partial charge in [-0.1, -0.05) is 36.4 Å². The smallest absolute Gasteiger partial charge is 0.348 e. The van der Waals surface area contributed by atoms with Gasteiger partial charge in [-0.25, -0.2) is 43.2 Å². The van der Waals surface area contributed by atoms with E-state index in [1.165, 1.54) is 127 Å². The molecule has 0 aromatic heterocycles. The number of esters is 6. The van der Waals surface area contributed by atoms with Crippen LogP contribution in [0.4, 0.5) is 0 Å². The van der Waals surface area contributed by atoms with Gasteiger partial charge in [-0.2, -0.15) is 0 Å². The second-order valence-corrected chi connectivity index (χ2v) is 25.0. The van der Waals surface area contributed by atoms with Crippen LogP contribution >= 0.6 is 0 Å². The minimum Gasteiger partial charge on any atom is -0.504 e. The van der Waals surface area contributed by atoms with E-state index in [1.807, 2.05) is 0 Å². The third kappa shape index (κ3) is 23.2. The fraction of sp³-hybridized carbons (Fsp3) is 0.240. The summed E-state index contributed by atoms with van der Waals surface area (Å²) in [6.45, 7) is 0. The number of aliphatic carboxylic acids is 3. The fourth-order valence-electron chi connectivity index (χ4n) is 11.1. The van der Waals surface area contributed by atoms with Crippen LogP contribution in [-0.4, -0.2) is 233 Å². The van der Waals surface area contributed by atoms with Gasteiger partial charge in [-0.15, -0.1) is 0 Å². The molecule has 36 heteroatoms. The van der Waals surface area contributed by atoms with Gasteiger partial charge in [0.15, 0.2) is 86.8 Å². The highest BCUT2D eigenvalue weighted by atomic mass is 16.6. The highest BCUT2D eigenvalue weighted by Gasteiger charge is 2.56. The van der Waals surface area contributed by atoms with Crippen molar-refractivity contribution in [2.45, 2.75) is 110 Å². The average molecular weight is 1550 g/mol. The molecule has 3 aliphatic carbocycles. The number of hydrogen-bond donors (Lipinski definition) is 21. The quantitative estimate of drug-likeness (QED) is 0.0213. The number of phenols is 12. The molecule has 588 valence electrons. The summed E-state index contributed by atoms with van der Waals surface area (Å²) in [6, 6.07) is 22.4. The summed E-state index contributed by atoms with van der Waals surface area (Å²) in [5.41, 5.74) is -5.24. The Morgan fingerprint density at radius 3 is 0.829 bits per heavy atom. The van der Waals surface area contributed by atoms with Crippen LogP contribution in [0.2, 0.25) is 0 Å². The number of carboxylic acids is 3. The van der Waals surface area contributed by atoms with Gasteiger partial charge in [0.1, 0.15) is 18.3 Å². The molecule has 0 spiro atoms. The minimum absolute atomic E-state index is 0.288. The number of carbonyl (C=O) groups is 9. The van der Waals surface area contributed by atoms with Gasteiger partial charge in [-0.3, -0.25) is 0 Å². The van der Waals surface area contributed by atoms with Gasteiger partial charge in [-0.05, 0) is 143 Å². The van der Waals surface area contributed by atoms with E-state index in [-0.39, 0.29) is 40.1 Å². The molecule has 10 atom stereocenters. The molecule has 3 aliphatic rings. The van der Waals surface area contributed by atoms with Crippen molar-refractivity contribution in [3.8, 4) is 69.0 Å². The molecule has 6 aromatic carbocycles. The predicted octanol–water partition coefficient (Wildman–Crippen LogP) is 3.09. The van der Waals surface area contributed by atoms with Gasteiger partial charge in [0.25, 0.3) is 0 Å². The topological polar surface area (TPSA) is 634 Å². The van der Waals surface area contributed by atoms with Crippen molar-refractivity contribution in [2.24, 2.45) is 0 Å². The van der Waals surface area contributed by atoms with E-state index in [4.69, 9.17) is 28.4 Å². The van der Waals surface area contributed by atoms with Crippen molar-refractivity contribution in [1.82, 2.24) is 0 Å². The molecule has 3 fully saturated rings. The molecule has 0 bridgehead atoms. The SMILES string of the molecule is O=C(/C=C/c1ccc(O)c(O)c1)OC1[C@H](O)CC(OC(=O)/C=C/c2ccc(O)c(O)c2)(C(=O)O)C[C@H]1O.O=C(/C=C/c1ccc(O)c(O)c1)O[C@@H]1C[C@@](OC(=O)/C=C/c2ccc(O)c(O)c2)(C(=O)O)C[C@@H](O)[C@@H]1O.O=C(/C=C/c1ccc(O)c(O)c1)O[C@@H]1[C@H](O)C[C@@](O)(C(=O)O)C[C@H]1OC(=O)/C=C/c1ccc(O)c(O)c1. The van der Waals surface area contributed by atoms with E-state index in [9.17, 15) is 150 Å². The third-order valence-corrected chi connectivity index (χ3v) is 16.8. The Bertz CT molecular complexity index is 4650. The van der Waals surface area contributed by atoms with E-state index in [2.05, 4.69) is 0 Å². The summed E-state index contributed by atoms with van der Waals surface area (Å²) in [5, 5.41) is 204. The van der Waals surface area contributed by atoms with Crippen LogP contribution in [0, 0.1) is 0 Å². The Kier molecular flexibility index (Phi) is 28.0. The zero-order chi connectivity index (χ0) is 82.0. The largest absolute Gasteiger partial charge is 0.504 e. The number of rotatable bonds is 21. The zero-order valence-corrected chi connectivity index (χ0v) is 57.3. The molecule has 0 aliphatic heterocycles. The van der Waals surface area contributed by atoms with Crippen molar-refractivity contribution in [3.63, 3.8) is 0 Å². The maximum atomic E-state index is 12.4. The maximum Gasteiger partial charge on any atom is 0.348 e. The first-order valence-corrected chi connectivity index (χ1v) is 32.5. The minimum atomic E-state index is -2.46. The lowest BCUT2D eigenvalue weighted by Crippen LogP contribution is -2.58. The van der Waals surface area contributed by atoms with Gasteiger partial charge in [0, 0.05) is 75.0 Å². The molecule has 0 amide bonds. The number of aliphatic hydroxyl groups is 6. The number of carbonyl (C=O) groups excluding carboxylic acids is 6. The van der Waals surface area contributed by atoms with Crippen molar-refractivity contribution in [1.29, 1.82) is 0 Å². The Morgan fingerprint density at radius 2 is 0.541 bits per heavy atom. The first kappa shape index (κ1) is 84.6. The molecular weight excluding hydrogens is 1480 g/mol. The summed E-state index contributed by atoms with van der Waals surface area (Å²) in [5.74, 6) is -16.0.